The number of carbonyl (C=O) groups excluding carboxylic acids is 3. The normalized spacial score (nSPS) is 19.9. The van der Waals surface area contributed by atoms with Crippen molar-refractivity contribution in [1.82, 2.24) is 4.90 Å². The highest BCUT2D eigenvalue weighted by atomic mass is 16.6. The average molecular weight is 626 g/mol. The number of benzene rings is 3. The van der Waals surface area contributed by atoms with Crippen molar-refractivity contribution in [2.24, 2.45) is 5.92 Å². The molecule has 1 fully saturated rings. The maximum Gasteiger partial charge on any atom is 0.416 e. The molecule has 3 aromatic rings. The van der Waals surface area contributed by atoms with Gasteiger partial charge in [-0.1, -0.05) is 91.0 Å². The average Bonchev–Trinajstić information content (AvgIpc) is 3.45. The Labute approximate surface area is 269 Å². The van der Waals surface area contributed by atoms with Crippen LogP contribution in [-0.2, 0) is 48.0 Å². The van der Waals surface area contributed by atoms with Crippen LogP contribution in [0.25, 0.3) is 0 Å². The number of aliphatic hydroxyl groups excluding tert-OH is 1. The third-order valence-electron chi connectivity index (χ3n) is 7.89. The number of carbonyl (C=O) groups is 3. The number of aliphatic hydroxyl groups is 1. The Bertz CT molecular complexity index is 1490. The van der Waals surface area contributed by atoms with Crippen molar-refractivity contribution in [3.63, 3.8) is 0 Å². The Morgan fingerprint density at radius 3 is 2.24 bits per heavy atom. The molecule has 5 rings (SSSR count). The number of allylic oxidation sites excluding steroid dienone is 1. The van der Waals surface area contributed by atoms with Gasteiger partial charge < -0.3 is 24.1 Å². The molecule has 2 heterocycles. The van der Waals surface area contributed by atoms with Gasteiger partial charge in [0, 0.05) is 0 Å². The Morgan fingerprint density at radius 2 is 1.57 bits per heavy atom. The highest BCUT2D eigenvalue weighted by Gasteiger charge is 2.45. The van der Waals surface area contributed by atoms with Gasteiger partial charge in [-0.15, -0.1) is 0 Å². The summed E-state index contributed by atoms with van der Waals surface area (Å²) >= 11 is 0. The van der Waals surface area contributed by atoms with Gasteiger partial charge in [-0.3, -0.25) is 9.59 Å². The summed E-state index contributed by atoms with van der Waals surface area (Å²) in [7, 11) is 0. The molecule has 4 atom stereocenters. The van der Waals surface area contributed by atoms with Gasteiger partial charge in [0.15, 0.2) is 11.9 Å². The number of imide groups is 1. The standard InChI is InChI=1S/C37H39NO8/c39-23-32(44-24-29-15-8-3-9-16-29)26-43-20-10-17-31-18-19-34(40)35(46-31)33(22-28-13-6-2-7-14-28)36(41)38-30(25-45-37(38)42)21-27-11-4-1-5-12-27/h1-9,11-19,30,32-33,35,39H,10,20-26H2. The van der Waals surface area contributed by atoms with Crippen molar-refractivity contribution in [3.8, 4) is 0 Å². The molecule has 2 amide bonds. The van der Waals surface area contributed by atoms with Crippen LogP contribution in [0, 0.1) is 5.92 Å². The minimum Gasteiger partial charge on any atom is -0.482 e. The number of hydrogen-bond donors (Lipinski definition) is 1. The molecule has 1 N–H and O–H groups in total. The number of ether oxygens (including phenoxy) is 4. The van der Waals surface area contributed by atoms with E-state index < -0.39 is 36.2 Å². The molecule has 2 aliphatic heterocycles. The zero-order valence-corrected chi connectivity index (χ0v) is 25.6. The second kappa shape index (κ2) is 16.7. The molecule has 3 aromatic carbocycles. The molecule has 1 saturated heterocycles. The van der Waals surface area contributed by atoms with Crippen LogP contribution in [0.15, 0.2) is 115 Å². The van der Waals surface area contributed by atoms with Crippen LogP contribution in [-0.4, -0.2) is 72.5 Å². The summed E-state index contributed by atoms with van der Waals surface area (Å²) in [5.74, 6) is -1.39. The number of amides is 2. The van der Waals surface area contributed by atoms with Crippen molar-refractivity contribution >= 4 is 17.8 Å². The first-order chi connectivity index (χ1) is 22.5. The first kappa shape index (κ1) is 32.8. The molecule has 0 saturated carbocycles. The third-order valence-corrected chi connectivity index (χ3v) is 7.89. The highest BCUT2D eigenvalue weighted by molar-refractivity contribution is 6.02. The smallest absolute Gasteiger partial charge is 0.416 e. The van der Waals surface area contributed by atoms with E-state index in [0.29, 0.717) is 31.8 Å². The van der Waals surface area contributed by atoms with Gasteiger partial charge in [0.1, 0.15) is 18.5 Å². The predicted molar refractivity (Wildman–Crippen MR) is 170 cm³/mol. The van der Waals surface area contributed by atoms with E-state index in [-0.39, 0.29) is 32.0 Å². The topological polar surface area (TPSA) is 112 Å². The van der Waals surface area contributed by atoms with Gasteiger partial charge in [-0.25, -0.2) is 9.69 Å². The zero-order valence-electron chi connectivity index (χ0n) is 25.6. The van der Waals surface area contributed by atoms with Gasteiger partial charge in [0.05, 0.1) is 38.4 Å². The summed E-state index contributed by atoms with van der Waals surface area (Å²) in [6.07, 6.45) is 3.58. The monoisotopic (exact) mass is 625 g/mol. The van der Waals surface area contributed by atoms with Crippen LogP contribution in [0.5, 0.6) is 0 Å². The summed E-state index contributed by atoms with van der Waals surface area (Å²) < 4.78 is 23.0. The molecule has 2 aliphatic rings. The molecule has 0 spiro atoms. The van der Waals surface area contributed by atoms with Gasteiger partial charge in [0.25, 0.3) is 0 Å². The number of cyclic esters (lactones) is 1. The number of rotatable bonds is 15. The SMILES string of the molecule is O=C1C=CC(=CCCOCC(CO)OCc2ccccc2)OC1C(Cc1ccccc1)C(=O)N1C(=O)OCC1Cc1ccccc1. The lowest BCUT2D eigenvalue weighted by atomic mass is 9.88. The Balaban J connectivity index is 1.23. The van der Waals surface area contributed by atoms with Crippen molar-refractivity contribution in [1.29, 1.82) is 0 Å². The summed E-state index contributed by atoms with van der Waals surface area (Å²) in [5, 5.41) is 9.67. The maximum atomic E-state index is 14.1. The highest BCUT2D eigenvalue weighted by Crippen LogP contribution is 2.28. The predicted octanol–water partition coefficient (Wildman–Crippen LogP) is 4.83. The summed E-state index contributed by atoms with van der Waals surface area (Å²) in [5.41, 5.74) is 2.82. The molecule has 0 aromatic heterocycles. The molecule has 4 unspecified atom stereocenters. The van der Waals surface area contributed by atoms with Gasteiger partial charge in [-0.2, -0.15) is 0 Å². The van der Waals surface area contributed by atoms with E-state index in [9.17, 15) is 19.5 Å². The lowest BCUT2D eigenvalue weighted by Gasteiger charge is -2.31. The number of hydrogen-bond acceptors (Lipinski definition) is 8. The first-order valence-corrected chi connectivity index (χ1v) is 15.5. The largest absolute Gasteiger partial charge is 0.482 e. The van der Waals surface area contributed by atoms with Crippen LogP contribution < -0.4 is 0 Å². The lowest BCUT2D eigenvalue weighted by molar-refractivity contribution is -0.143. The van der Waals surface area contributed by atoms with E-state index in [4.69, 9.17) is 18.9 Å². The summed E-state index contributed by atoms with van der Waals surface area (Å²) in [6, 6.07) is 28.2. The van der Waals surface area contributed by atoms with Crippen molar-refractivity contribution < 1.29 is 38.4 Å². The van der Waals surface area contributed by atoms with Gasteiger partial charge >= 0.3 is 6.09 Å². The minimum absolute atomic E-state index is 0.0798. The first-order valence-electron chi connectivity index (χ1n) is 15.5. The fourth-order valence-electron chi connectivity index (χ4n) is 5.48. The number of ketones is 1. The van der Waals surface area contributed by atoms with Crippen LogP contribution >= 0.6 is 0 Å². The Kier molecular flexibility index (Phi) is 11.9. The van der Waals surface area contributed by atoms with E-state index in [0.717, 1.165) is 21.6 Å². The second-order valence-corrected chi connectivity index (χ2v) is 11.3. The summed E-state index contributed by atoms with van der Waals surface area (Å²) in [6.45, 7) is 0.831. The Morgan fingerprint density at radius 1 is 0.913 bits per heavy atom. The van der Waals surface area contributed by atoms with Crippen LogP contribution in [0.2, 0.25) is 0 Å². The second-order valence-electron chi connectivity index (χ2n) is 11.3. The molecule has 46 heavy (non-hydrogen) atoms. The molecule has 0 aliphatic carbocycles. The third kappa shape index (κ3) is 9.00. The zero-order chi connectivity index (χ0) is 32.1. The van der Waals surface area contributed by atoms with Crippen LogP contribution in [0.4, 0.5) is 4.79 Å². The molecule has 0 radical (unpaired) electrons. The minimum atomic E-state index is -1.12. The Hall–Kier alpha value is -4.57. The molecule has 240 valence electrons. The fraction of sp³-hybridized carbons (Fsp3) is 0.324. The fourth-order valence-corrected chi connectivity index (χ4v) is 5.48. The van der Waals surface area contributed by atoms with Crippen molar-refractivity contribution in [2.75, 3.05) is 26.4 Å². The number of nitrogens with zero attached hydrogens (tertiary/aromatic N) is 1. The van der Waals surface area contributed by atoms with Gasteiger partial charge in [0.2, 0.25) is 5.91 Å². The molecule has 0 bridgehead atoms. The van der Waals surface area contributed by atoms with E-state index in [1.165, 1.54) is 6.08 Å². The molecular weight excluding hydrogens is 586 g/mol. The van der Waals surface area contributed by atoms with E-state index in [1.807, 2.05) is 91.0 Å². The van der Waals surface area contributed by atoms with Gasteiger partial charge in [-0.05, 0) is 54.2 Å². The maximum absolute atomic E-state index is 14.1. The molecule has 9 heteroatoms. The molecular formula is C37H39NO8. The van der Waals surface area contributed by atoms with Crippen molar-refractivity contribution in [2.45, 2.75) is 44.1 Å². The van der Waals surface area contributed by atoms with E-state index in [2.05, 4.69) is 0 Å². The van der Waals surface area contributed by atoms with Crippen LogP contribution in [0.3, 0.4) is 0 Å². The van der Waals surface area contributed by atoms with E-state index >= 15 is 0 Å². The van der Waals surface area contributed by atoms with E-state index in [1.54, 1.807) is 12.2 Å². The van der Waals surface area contributed by atoms with Crippen molar-refractivity contribution in [3.05, 3.63) is 132 Å². The molecule has 9 nitrogen and oxygen atoms in total. The summed E-state index contributed by atoms with van der Waals surface area (Å²) in [4.78, 5) is 41.4. The van der Waals surface area contributed by atoms with Crippen LogP contribution in [0.1, 0.15) is 23.1 Å². The lowest BCUT2D eigenvalue weighted by Crippen LogP contribution is -2.49. The quantitative estimate of drug-likeness (QED) is 0.239.